The van der Waals surface area contributed by atoms with Gasteiger partial charge in [0.15, 0.2) is 0 Å². The van der Waals surface area contributed by atoms with Crippen LogP contribution < -0.4 is 21.5 Å². The van der Waals surface area contributed by atoms with E-state index in [1.165, 1.54) is 19.3 Å². The van der Waals surface area contributed by atoms with Crippen LogP contribution in [0.2, 0.25) is 0 Å². The summed E-state index contributed by atoms with van der Waals surface area (Å²) < 4.78 is 0. The highest BCUT2D eigenvalue weighted by Crippen LogP contribution is 2.19. The first-order chi connectivity index (χ1) is 10.1. The van der Waals surface area contributed by atoms with Gasteiger partial charge in [0.2, 0.25) is 17.8 Å². The summed E-state index contributed by atoms with van der Waals surface area (Å²) in [6.45, 7) is 8.53. The second-order valence-electron chi connectivity index (χ2n) is 5.88. The van der Waals surface area contributed by atoms with Crippen molar-refractivity contribution in [3.63, 3.8) is 0 Å². The average molecular weight is 293 g/mol. The molecular weight excluding hydrogens is 266 g/mol. The first-order valence-electron chi connectivity index (χ1n) is 7.88. The lowest BCUT2D eigenvalue weighted by atomic mass is 10.0. The van der Waals surface area contributed by atoms with Gasteiger partial charge in [-0.2, -0.15) is 15.0 Å². The summed E-state index contributed by atoms with van der Waals surface area (Å²) in [6, 6.07) is 0.340. The Morgan fingerprint density at radius 1 is 1.10 bits per heavy atom. The number of anilines is 3. The molecule has 0 aliphatic carbocycles. The Hall–Kier alpha value is -1.63. The molecule has 21 heavy (non-hydrogen) atoms. The molecule has 1 aromatic heterocycles. The fraction of sp³-hybridized carbons (Fsp3) is 0.786. The third kappa shape index (κ3) is 4.17. The summed E-state index contributed by atoms with van der Waals surface area (Å²) in [5.41, 5.74) is 2.54. The predicted octanol–water partition coefficient (Wildman–Crippen LogP) is 1.99. The van der Waals surface area contributed by atoms with Crippen molar-refractivity contribution in [2.45, 2.75) is 52.5 Å². The molecule has 1 fully saturated rings. The number of hydrogen-bond donors (Lipinski definition) is 3. The van der Waals surface area contributed by atoms with Gasteiger partial charge in [-0.15, -0.1) is 0 Å². The maximum atomic E-state index is 5.49. The first kappa shape index (κ1) is 15.8. The molecule has 2 rings (SSSR count). The standard InChI is InChI=1S/C14H27N7/c1-4-11(10(2)3)16-12-17-13(20-15)19-14(18-12)21-8-6-5-7-9-21/h10-11H,4-9,15H2,1-3H3,(H2,16,17,18,19,20). The molecule has 7 heteroatoms. The van der Waals surface area contributed by atoms with Crippen LogP contribution in [0, 0.1) is 5.92 Å². The van der Waals surface area contributed by atoms with Crippen LogP contribution in [-0.4, -0.2) is 34.1 Å². The number of hydrazine groups is 1. The van der Waals surface area contributed by atoms with Crippen LogP contribution in [0.5, 0.6) is 0 Å². The lowest BCUT2D eigenvalue weighted by molar-refractivity contribution is 0.507. The number of nitrogen functional groups attached to an aromatic ring is 1. The number of piperidine rings is 1. The highest BCUT2D eigenvalue weighted by molar-refractivity contribution is 5.44. The lowest BCUT2D eigenvalue weighted by Gasteiger charge is -2.27. The van der Waals surface area contributed by atoms with Crippen molar-refractivity contribution in [3.8, 4) is 0 Å². The van der Waals surface area contributed by atoms with Crippen molar-refractivity contribution >= 4 is 17.8 Å². The summed E-state index contributed by atoms with van der Waals surface area (Å²) in [5.74, 6) is 7.72. The molecular formula is C14H27N7. The van der Waals surface area contributed by atoms with Gasteiger partial charge in [-0.3, -0.25) is 5.43 Å². The van der Waals surface area contributed by atoms with Gasteiger partial charge >= 0.3 is 0 Å². The Kier molecular flexibility index (Phi) is 5.55. The number of rotatable bonds is 6. The van der Waals surface area contributed by atoms with Crippen molar-refractivity contribution in [3.05, 3.63) is 0 Å². The third-order valence-corrected chi connectivity index (χ3v) is 3.95. The zero-order valence-electron chi connectivity index (χ0n) is 13.3. The van der Waals surface area contributed by atoms with E-state index < -0.39 is 0 Å². The molecule has 118 valence electrons. The Morgan fingerprint density at radius 2 is 1.76 bits per heavy atom. The van der Waals surface area contributed by atoms with Crippen molar-refractivity contribution in [1.29, 1.82) is 0 Å². The van der Waals surface area contributed by atoms with Crippen LogP contribution in [-0.2, 0) is 0 Å². The van der Waals surface area contributed by atoms with Crippen molar-refractivity contribution < 1.29 is 0 Å². The molecule has 0 radical (unpaired) electrons. The van der Waals surface area contributed by atoms with Crippen molar-refractivity contribution in [2.24, 2.45) is 11.8 Å². The minimum atomic E-state index is 0.340. The zero-order valence-corrected chi connectivity index (χ0v) is 13.3. The molecule has 0 bridgehead atoms. The van der Waals surface area contributed by atoms with E-state index in [0.717, 1.165) is 19.5 Å². The van der Waals surface area contributed by atoms with Gasteiger partial charge in [-0.25, -0.2) is 5.84 Å². The first-order valence-corrected chi connectivity index (χ1v) is 7.88. The van der Waals surface area contributed by atoms with Crippen LogP contribution in [0.15, 0.2) is 0 Å². The molecule has 7 nitrogen and oxygen atoms in total. The molecule has 1 unspecified atom stereocenters. The van der Waals surface area contributed by atoms with E-state index in [1.54, 1.807) is 0 Å². The smallest absolute Gasteiger partial charge is 0.243 e. The van der Waals surface area contributed by atoms with Gasteiger partial charge in [0.25, 0.3) is 0 Å². The number of aromatic nitrogens is 3. The summed E-state index contributed by atoms with van der Waals surface area (Å²) in [4.78, 5) is 15.5. The molecule has 2 heterocycles. The highest BCUT2D eigenvalue weighted by atomic mass is 15.4. The number of nitrogens with one attached hydrogen (secondary N) is 2. The topological polar surface area (TPSA) is 92.0 Å². The van der Waals surface area contributed by atoms with E-state index in [-0.39, 0.29) is 0 Å². The van der Waals surface area contributed by atoms with Crippen molar-refractivity contribution in [2.75, 3.05) is 28.7 Å². The molecule has 1 atom stereocenters. The summed E-state index contributed by atoms with van der Waals surface area (Å²) in [6.07, 6.45) is 4.67. The van der Waals surface area contributed by atoms with E-state index in [0.29, 0.717) is 29.8 Å². The fourth-order valence-electron chi connectivity index (χ4n) is 2.64. The van der Waals surface area contributed by atoms with Gasteiger partial charge < -0.3 is 10.2 Å². The average Bonchev–Trinajstić information content (AvgIpc) is 2.52. The maximum Gasteiger partial charge on any atom is 0.243 e. The van der Waals surface area contributed by atoms with Crippen LogP contribution >= 0.6 is 0 Å². The Labute approximate surface area is 126 Å². The van der Waals surface area contributed by atoms with E-state index in [9.17, 15) is 0 Å². The molecule has 1 aliphatic heterocycles. The van der Waals surface area contributed by atoms with Gasteiger partial charge in [0, 0.05) is 19.1 Å². The molecule has 1 saturated heterocycles. The number of nitrogens with two attached hydrogens (primary N) is 1. The summed E-state index contributed by atoms with van der Waals surface area (Å²) in [5, 5.41) is 3.40. The highest BCUT2D eigenvalue weighted by Gasteiger charge is 2.18. The summed E-state index contributed by atoms with van der Waals surface area (Å²) in [7, 11) is 0. The SMILES string of the molecule is CCC(Nc1nc(NN)nc(N2CCCCC2)n1)C(C)C. The van der Waals surface area contributed by atoms with Gasteiger partial charge in [-0.05, 0) is 31.6 Å². The normalized spacial score (nSPS) is 16.9. The van der Waals surface area contributed by atoms with Gasteiger partial charge in [0.1, 0.15) is 0 Å². The van der Waals surface area contributed by atoms with E-state index in [4.69, 9.17) is 5.84 Å². The van der Waals surface area contributed by atoms with E-state index in [1.807, 2.05) is 0 Å². The predicted molar refractivity (Wildman–Crippen MR) is 86.2 cm³/mol. The van der Waals surface area contributed by atoms with Gasteiger partial charge in [0.05, 0.1) is 0 Å². The Morgan fingerprint density at radius 3 is 2.33 bits per heavy atom. The van der Waals surface area contributed by atoms with E-state index in [2.05, 4.69) is 51.4 Å². The number of nitrogens with zero attached hydrogens (tertiary/aromatic N) is 4. The van der Waals surface area contributed by atoms with Crippen molar-refractivity contribution in [1.82, 2.24) is 15.0 Å². The zero-order chi connectivity index (χ0) is 15.2. The minimum absolute atomic E-state index is 0.340. The minimum Gasteiger partial charge on any atom is -0.351 e. The summed E-state index contributed by atoms with van der Waals surface area (Å²) >= 11 is 0. The molecule has 1 aliphatic rings. The third-order valence-electron chi connectivity index (χ3n) is 3.95. The van der Waals surface area contributed by atoms with Crippen LogP contribution in [0.4, 0.5) is 17.8 Å². The molecule has 0 saturated carbocycles. The second kappa shape index (κ2) is 7.40. The monoisotopic (exact) mass is 293 g/mol. The Balaban J connectivity index is 2.20. The van der Waals surface area contributed by atoms with Crippen LogP contribution in [0.25, 0.3) is 0 Å². The maximum absolute atomic E-state index is 5.49. The largest absolute Gasteiger partial charge is 0.351 e. The lowest BCUT2D eigenvalue weighted by Crippen LogP contribution is -2.32. The molecule has 0 spiro atoms. The fourth-order valence-corrected chi connectivity index (χ4v) is 2.64. The molecule has 4 N–H and O–H groups in total. The van der Waals surface area contributed by atoms with Crippen LogP contribution in [0.1, 0.15) is 46.5 Å². The van der Waals surface area contributed by atoms with E-state index >= 15 is 0 Å². The van der Waals surface area contributed by atoms with Crippen LogP contribution in [0.3, 0.4) is 0 Å². The molecule has 0 aromatic carbocycles. The van der Waals surface area contributed by atoms with Gasteiger partial charge in [-0.1, -0.05) is 20.8 Å². The second-order valence-corrected chi connectivity index (χ2v) is 5.88. The Bertz CT molecular complexity index is 443. The molecule has 1 aromatic rings. The molecule has 0 amide bonds. The number of hydrogen-bond acceptors (Lipinski definition) is 7. The quantitative estimate of drug-likeness (QED) is 0.545.